The molecule has 0 saturated heterocycles. The van der Waals surface area contributed by atoms with Crippen LogP contribution in [0.1, 0.15) is 10.4 Å². The molecule has 0 fully saturated rings. The molecule has 2 rings (SSSR count). The lowest BCUT2D eigenvalue weighted by molar-refractivity contribution is -0.132. The molecule has 0 amide bonds. The van der Waals surface area contributed by atoms with Gasteiger partial charge in [-0.25, -0.2) is 4.79 Å². The van der Waals surface area contributed by atoms with Crippen molar-refractivity contribution in [1.82, 2.24) is 0 Å². The first kappa shape index (κ1) is 9.33. The molecule has 0 atom stereocenters. The number of Topliss-reactive ketones (excluding diaryl/α,β-unsaturated/α-hetero) is 1. The second-order valence-electron chi connectivity index (χ2n) is 3.12. The van der Waals surface area contributed by atoms with E-state index in [0.717, 1.165) is 6.20 Å². The zero-order chi connectivity index (χ0) is 11.0. The number of ketones is 1. The molecule has 1 heterocycles. The third-order valence-electron chi connectivity index (χ3n) is 2.16. The fourth-order valence-corrected chi connectivity index (χ4v) is 1.41. The minimum atomic E-state index is -1.26. The van der Waals surface area contributed by atoms with Crippen molar-refractivity contribution >= 4 is 18.3 Å². The van der Waals surface area contributed by atoms with E-state index in [1.807, 2.05) is 0 Å². The van der Waals surface area contributed by atoms with Crippen LogP contribution in [0.15, 0.2) is 35.0 Å². The van der Waals surface area contributed by atoms with Crippen LogP contribution in [0.3, 0.4) is 0 Å². The second-order valence-corrected chi connectivity index (χ2v) is 3.12. The Labute approximate surface area is 84.9 Å². The van der Waals surface area contributed by atoms with E-state index in [4.69, 9.17) is 5.11 Å². The Balaban J connectivity index is 2.77. The van der Waals surface area contributed by atoms with Crippen LogP contribution >= 0.6 is 0 Å². The number of benzene rings is 1. The topological polar surface area (TPSA) is 66.7 Å². The standard InChI is InChI=1S/C11H7NO3/c1-6-3-2-4-7-9(6)12-5-8(10(7)13)11(14)15/h2-5H,1H2,(H,14,15). The van der Waals surface area contributed by atoms with Crippen molar-refractivity contribution in [2.45, 2.75) is 0 Å². The molecule has 15 heavy (non-hydrogen) atoms. The highest BCUT2D eigenvalue weighted by molar-refractivity contribution is 6.24. The molecule has 4 heteroatoms. The summed E-state index contributed by atoms with van der Waals surface area (Å²) in [6.07, 6.45) is 1.07. The Bertz CT molecular complexity index is 599. The lowest BCUT2D eigenvalue weighted by atomic mass is 10.0. The number of para-hydroxylation sites is 1. The van der Waals surface area contributed by atoms with Crippen LogP contribution in [-0.2, 0) is 4.79 Å². The summed E-state index contributed by atoms with van der Waals surface area (Å²) in [7, 11) is 0. The largest absolute Gasteiger partial charge is 0.477 e. The molecule has 0 spiro atoms. The van der Waals surface area contributed by atoms with Gasteiger partial charge in [0.1, 0.15) is 5.57 Å². The van der Waals surface area contributed by atoms with Gasteiger partial charge in [0, 0.05) is 11.8 Å². The SMILES string of the molecule is C=c1cccc2c1=NC=C(C(=O)O)C2=O. The highest BCUT2D eigenvalue weighted by Gasteiger charge is 2.22. The Hall–Kier alpha value is -2.23. The van der Waals surface area contributed by atoms with Gasteiger partial charge in [0.15, 0.2) is 0 Å². The number of fused-ring (bicyclic) bond motifs is 1. The number of nitrogens with zero attached hydrogens (tertiary/aromatic N) is 1. The van der Waals surface area contributed by atoms with Crippen molar-refractivity contribution in [2.24, 2.45) is 4.99 Å². The minimum absolute atomic E-state index is 0.294. The van der Waals surface area contributed by atoms with E-state index in [2.05, 4.69) is 11.6 Å². The van der Waals surface area contributed by atoms with Gasteiger partial charge in [-0.15, -0.1) is 0 Å². The number of rotatable bonds is 1. The molecule has 74 valence electrons. The van der Waals surface area contributed by atoms with Crippen LogP contribution in [0.5, 0.6) is 0 Å². The summed E-state index contributed by atoms with van der Waals surface area (Å²) in [5.41, 5.74) is -0.0181. The summed E-state index contributed by atoms with van der Waals surface area (Å²) in [5, 5.41) is 9.80. The highest BCUT2D eigenvalue weighted by atomic mass is 16.4. The summed E-state index contributed by atoms with van der Waals surface area (Å²) in [4.78, 5) is 26.3. The first-order chi connectivity index (χ1) is 7.11. The smallest absolute Gasteiger partial charge is 0.341 e. The molecule has 0 aromatic heterocycles. The van der Waals surface area contributed by atoms with E-state index in [-0.39, 0.29) is 5.57 Å². The van der Waals surface area contributed by atoms with Gasteiger partial charge in [0.05, 0.1) is 5.36 Å². The summed E-state index contributed by atoms with van der Waals surface area (Å²) in [6.45, 7) is 3.72. The van der Waals surface area contributed by atoms with Crippen molar-refractivity contribution in [1.29, 1.82) is 0 Å². The van der Waals surface area contributed by atoms with Gasteiger partial charge in [-0.05, 0) is 11.3 Å². The van der Waals surface area contributed by atoms with E-state index in [1.165, 1.54) is 0 Å². The Kier molecular flexibility index (Phi) is 1.97. The lowest BCUT2D eigenvalue weighted by Crippen LogP contribution is -2.33. The average Bonchev–Trinajstić information content (AvgIpc) is 2.19. The number of aliphatic carboxylic acids is 1. The number of hydrogen-bond donors (Lipinski definition) is 1. The fraction of sp³-hybridized carbons (Fsp3) is 0. The quantitative estimate of drug-likeness (QED) is 0.644. The van der Waals surface area contributed by atoms with E-state index in [1.54, 1.807) is 18.2 Å². The first-order valence-electron chi connectivity index (χ1n) is 4.25. The fourth-order valence-electron chi connectivity index (χ4n) is 1.41. The Morgan fingerprint density at radius 2 is 2.13 bits per heavy atom. The van der Waals surface area contributed by atoms with Gasteiger partial charge in [-0.2, -0.15) is 0 Å². The maximum Gasteiger partial charge on any atom is 0.341 e. The van der Waals surface area contributed by atoms with Crippen molar-refractivity contribution in [3.05, 3.63) is 46.1 Å². The molecule has 4 nitrogen and oxygen atoms in total. The maximum absolute atomic E-state index is 11.7. The molecule has 0 bridgehead atoms. The molecule has 1 aliphatic heterocycles. The van der Waals surface area contributed by atoms with Gasteiger partial charge >= 0.3 is 5.97 Å². The summed E-state index contributed by atoms with van der Waals surface area (Å²) in [5.74, 6) is -1.78. The van der Waals surface area contributed by atoms with Crippen molar-refractivity contribution in [3.63, 3.8) is 0 Å². The van der Waals surface area contributed by atoms with Crippen LogP contribution in [0.2, 0.25) is 0 Å². The van der Waals surface area contributed by atoms with E-state index >= 15 is 0 Å². The first-order valence-corrected chi connectivity index (χ1v) is 4.25. The zero-order valence-corrected chi connectivity index (χ0v) is 7.73. The van der Waals surface area contributed by atoms with Gasteiger partial charge in [0.25, 0.3) is 0 Å². The van der Waals surface area contributed by atoms with Crippen LogP contribution in [0.25, 0.3) is 6.58 Å². The highest BCUT2D eigenvalue weighted by Crippen LogP contribution is 2.07. The van der Waals surface area contributed by atoms with Crippen LogP contribution in [-0.4, -0.2) is 16.9 Å². The van der Waals surface area contributed by atoms with Crippen LogP contribution in [0.4, 0.5) is 0 Å². The molecular weight excluding hydrogens is 194 g/mol. The van der Waals surface area contributed by atoms with Gasteiger partial charge in [0.2, 0.25) is 5.78 Å². The molecule has 1 aromatic rings. The number of carboxylic acids is 1. The van der Waals surface area contributed by atoms with Crippen molar-refractivity contribution < 1.29 is 14.7 Å². The molecule has 1 aromatic carbocycles. The summed E-state index contributed by atoms with van der Waals surface area (Å²) in [6, 6.07) is 4.92. The predicted molar refractivity (Wildman–Crippen MR) is 52.8 cm³/mol. The molecule has 0 saturated carbocycles. The third-order valence-corrected chi connectivity index (χ3v) is 2.16. The van der Waals surface area contributed by atoms with Gasteiger partial charge < -0.3 is 5.11 Å². The molecule has 0 unspecified atom stereocenters. The average molecular weight is 201 g/mol. The number of carbonyl (C=O) groups excluding carboxylic acids is 1. The number of carboxylic acid groups (broad SMARTS) is 1. The molecule has 1 aliphatic rings. The van der Waals surface area contributed by atoms with E-state index in [9.17, 15) is 9.59 Å². The maximum atomic E-state index is 11.7. The van der Waals surface area contributed by atoms with E-state index < -0.39 is 11.8 Å². The normalized spacial score (nSPS) is 13.9. The predicted octanol–water partition coefficient (Wildman–Crippen LogP) is -0.119. The summed E-state index contributed by atoms with van der Waals surface area (Å²) >= 11 is 0. The van der Waals surface area contributed by atoms with Gasteiger partial charge in [-0.3, -0.25) is 9.79 Å². The van der Waals surface area contributed by atoms with Crippen LogP contribution < -0.4 is 10.6 Å². The monoisotopic (exact) mass is 201 g/mol. The van der Waals surface area contributed by atoms with Crippen molar-refractivity contribution in [3.8, 4) is 0 Å². The van der Waals surface area contributed by atoms with Gasteiger partial charge in [-0.1, -0.05) is 18.7 Å². The lowest BCUT2D eigenvalue weighted by Gasteiger charge is -2.06. The van der Waals surface area contributed by atoms with Crippen molar-refractivity contribution in [2.75, 3.05) is 0 Å². The Morgan fingerprint density at radius 3 is 2.80 bits per heavy atom. The third kappa shape index (κ3) is 1.36. The van der Waals surface area contributed by atoms with E-state index in [0.29, 0.717) is 16.1 Å². The zero-order valence-electron chi connectivity index (χ0n) is 7.73. The molecule has 0 radical (unpaired) electrons. The molecule has 0 aliphatic carbocycles. The number of hydrogen-bond acceptors (Lipinski definition) is 3. The second kappa shape index (κ2) is 3.16. The molecule has 1 N–H and O–H groups in total. The summed E-state index contributed by atoms with van der Waals surface area (Å²) < 4.78 is 0. The number of carbonyl (C=O) groups is 2. The Morgan fingerprint density at radius 1 is 1.40 bits per heavy atom. The molecular formula is C11H7NO3. The minimum Gasteiger partial charge on any atom is -0.477 e. The van der Waals surface area contributed by atoms with Crippen LogP contribution in [0, 0.1) is 0 Å².